The summed E-state index contributed by atoms with van der Waals surface area (Å²) in [6.07, 6.45) is 1.64. The lowest BCUT2D eigenvalue weighted by molar-refractivity contribution is -0.138. The maximum atomic E-state index is 13.4. The zero-order chi connectivity index (χ0) is 23.5. The third kappa shape index (κ3) is 4.61. The smallest absolute Gasteiger partial charge is 0.337 e. The molecule has 1 aliphatic heterocycles. The minimum atomic E-state index is -0.515. The molecule has 1 aromatic carbocycles. The summed E-state index contributed by atoms with van der Waals surface area (Å²) in [5, 5.41) is 6.25. The monoisotopic (exact) mass is 465 g/mol. The third-order valence-corrected chi connectivity index (χ3v) is 6.05. The van der Waals surface area contributed by atoms with Crippen molar-refractivity contribution in [3.05, 3.63) is 69.8 Å². The van der Waals surface area contributed by atoms with Crippen LogP contribution in [0.1, 0.15) is 19.4 Å². The maximum absolute atomic E-state index is 13.4. The van der Waals surface area contributed by atoms with Gasteiger partial charge in [0, 0.05) is 17.6 Å². The number of rotatable bonds is 6. The Morgan fingerprint density at radius 3 is 2.79 bits per heavy atom. The van der Waals surface area contributed by atoms with Crippen LogP contribution >= 0.6 is 11.8 Å². The Kier molecular flexibility index (Phi) is 6.45. The molecule has 0 unspecified atom stereocenters. The van der Waals surface area contributed by atoms with Crippen LogP contribution in [0.5, 0.6) is 0 Å². The molecule has 0 saturated carbocycles. The van der Waals surface area contributed by atoms with E-state index in [1.165, 1.54) is 16.3 Å². The van der Waals surface area contributed by atoms with Crippen molar-refractivity contribution >= 4 is 34.7 Å². The summed E-state index contributed by atoms with van der Waals surface area (Å²) < 4.78 is 6.63. The quantitative estimate of drug-likeness (QED) is 0.327. The van der Waals surface area contributed by atoms with Gasteiger partial charge in [-0.05, 0) is 50.6 Å². The molecule has 0 spiro atoms. The second kappa shape index (κ2) is 9.45. The summed E-state index contributed by atoms with van der Waals surface area (Å²) in [6, 6.07) is 9.82. The fourth-order valence-electron chi connectivity index (χ4n) is 3.58. The van der Waals surface area contributed by atoms with Crippen molar-refractivity contribution < 1.29 is 14.3 Å². The molecular weight excluding hydrogens is 442 g/mol. The predicted octanol–water partition coefficient (Wildman–Crippen LogP) is 2.70. The second-order valence-corrected chi connectivity index (χ2v) is 8.41. The summed E-state index contributed by atoms with van der Waals surface area (Å²) in [7, 11) is 0. The highest BCUT2D eigenvalue weighted by molar-refractivity contribution is 7.99. The number of carbonyl (C=O) groups is 2. The van der Waals surface area contributed by atoms with Crippen molar-refractivity contribution in [1.29, 1.82) is 0 Å². The fourth-order valence-corrected chi connectivity index (χ4v) is 4.55. The van der Waals surface area contributed by atoms with Crippen molar-refractivity contribution in [3.8, 4) is 5.82 Å². The van der Waals surface area contributed by atoms with E-state index in [0.29, 0.717) is 33.1 Å². The average molecular weight is 466 g/mol. The number of esters is 1. The standard InChI is InChI=1S/C23H23N5O4S/c1-4-32-21(30)19-14(3)25-22(31)26-17(19)12-33-23-27-16-8-6-5-7-15(16)20(29)28(23)18-11-13(2)9-10-24-18/h5-11,14H,4,12H2,1-3H3,(H2,25,26,31)/t14-/m1/s1. The summed E-state index contributed by atoms with van der Waals surface area (Å²) in [6.45, 7) is 5.57. The molecular formula is C23H23N5O4S. The van der Waals surface area contributed by atoms with Gasteiger partial charge in [-0.15, -0.1) is 0 Å². The van der Waals surface area contributed by atoms with E-state index in [0.717, 1.165) is 5.56 Å². The summed E-state index contributed by atoms with van der Waals surface area (Å²) in [5.41, 5.74) is 2.01. The molecule has 2 amide bonds. The van der Waals surface area contributed by atoms with Crippen LogP contribution in [0.4, 0.5) is 4.79 Å². The molecule has 170 valence electrons. The number of nitrogens with one attached hydrogen (secondary N) is 2. The zero-order valence-corrected chi connectivity index (χ0v) is 19.2. The highest BCUT2D eigenvalue weighted by atomic mass is 32.2. The molecule has 1 aliphatic rings. The van der Waals surface area contributed by atoms with Gasteiger partial charge in [0.15, 0.2) is 5.16 Å². The number of hydrogen-bond acceptors (Lipinski definition) is 7. The molecule has 10 heteroatoms. The number of urea groups is 1. The van der Waals surface area contributed by atoms with Gasteiger partial charge in [0.05, 0.1) is 29.1 Å². The Labute approximate surface area is 194 Å². The van der Waals surface area contributed by atoms with Crippen molar-refractivity contribution in [2.24, 2.45) is 0 Å². The Bertz CT molecular complexity index is 1330. The van der Waals surface area contributed by atoms with Crippen molar-refractivity contribution in [3.63, 3.8) is 0 Å². The number of fused-ring (bicyclic) bond motifs is 1. The highest BCUT2D eigenvalue weighted by Gasteiger charge is 2.30. The van der Waals surface area contributed by atoms with Gasteiger partial charge in [-0.1, -0.05) is 23.9 Å². The number of ether oxygens (including phenoxy) is 1. The van der Waals surface area contributed by atoms with Crippen molar-refractivity contribution in [2.75, 3.05) is 12.4 Å². The van der Waals surface area contributed by atoms with Gasteiger partial charge >= 0.3 is 12.0 Å². The van der Waals surface area contributed by atoms with E-state index >= 15 is 0 Å². The van der Waals surface area contributed by atoms with Crippen LogP contribution in [0.3, 0.4) is 0 Å². The van der Waals surface area contributed by atoms with Gasteiger partial charge in [-0.2, -0.15) is 0 Å². The lowest BCUT2D eigenvalue weighted by Crippen LogP contribution is -2.49. The first-order chi connectivity index (χ1) is 15.9. The molecule has 33 heavy (non-hydrogen) atoms. The molecule has 3 heterocycles. The number of pyridine rings is 1. The molecule has 0 radical (unpaired) electrons. The number of benzene rings is 1. The molecule has 3 aromatic rings. The van der Waals surface area contributed by atoms with Crippen molar-refractivity contribution in [1.82, 2.24) is 25.2 Å². The number of aromatic nitrogens is 3. The van der Waals surface area contributed by atoms with E-state index in [2.05, 4.69) is 20.6 Å². The predicted molar refractivity (Wildman–Crippen MR) is 125 cm³/mol. The van der Waals surface area contributed by atoms with Gasteiger partial charge < -0.3 is 15.4 Å². The third-order valence-electron chi connectivity index (χ3n) is 5.09. The van der Waals surface area contributed by atoms with Crippen LogP contribution in [0.25, 0.3) is 16.7 Å². The van der Waals surface area contributed by atoms with E-state index < -0.39 is 18.0 Å². The Morgan fingerprint density at radius 1 is 1.24 bits per heavy atom. The maximum Gasteiger partial charge on any atom is 0.337 e. The lowest BCUT2D eigenvalue weighted by atomic mass is 10.1. The number of amides is 2. The van der Waals surface area contributed by atoms with Crippen molar-refractivity contribution in [2.45, 2.75) is 32.0 Å². The Balaban J connectivity index is 1.80. The number of para-hydroxylation sites is 1. The molecule has 0 bridgehead atoms. The number of nitrogens with zero attached hydrogens (tertiary/aromatic N) is 3. The van der Waals surface area contributed by atoms with Gasteiger partial charge in [0.25, 0.3) is 5.56 Å². The Morgan fingerprint density at radius 2 is 2.03 bits per heavy atom. The minimum Gasteiger partial charge on any atom is -0.463 e. The van der Waals surface area contributed by atoms with Gasteiger partial charge in [-0.25, -0.2) is 24.1 Å². The molecule has 2 aromatic heterocycles. The molecule has 9 nitrogen and oxygen atoms in total. The molecule has 1 atom stereocenters. The Hall–Kier alpha value is -3.66. The minimum absolute atomic E-state index is 0.197. The molecule has 4 rings (SSSR count). The van der Waals surface area contributed by atoms with E-state index in [9.17, 15) is 14.4 Å². The van der Waals surface area contributed by atoms with Crippen LogP contribution in [-0.2, 0) is 9.53 Å². The molecule has 0 aliphatic carbocycles. The first-order valence-electron chi connectivity index (χ1n) is 10.4. The second-order valence-electron chi connectivity index (χ2n) is 7.47. The van der Waals surface area contributed by atoms with Crippen LogP contribution in [0, 0.1) is 6.92 Å². The van der Waals surface area contributed by atoms with E-state index in [4.69, 9.17) is 4.74 Å². The normalized spacial score (nSPS) is 15.8. The van der Waals surface area contributed by atoms with Gasteiger partial charge in [0.1, 0.15) is 5.82 Å². The summed E-state index contributed by atoms with van der Waals surface area (Å²) in [5.74, 6) is 0.142. The molecule has 0 saturated heterocycles. The first kappa shape index (κ1) is 22.5. The van der Waals surface area contributed by atoms with Crippen LogP contribution in [0.2, 0.25) is 0 Å². The largest absolute Gasteiger partial charge is 0.463 e. The molecule has 2 N–H and O–H groups in total. The van der Waals surface area contributed by atoms with E-state index in [1.807, 2.05) is 19.1 Å². The number of hydrogen-bond donors (Lipinski definition) is 2. The lowest BCUT2D eigenvalue weighted by Gasteiger charge is -2.26. The van der Waals surface area contributed by atoms with Gasteiger partial charge in [0.2, 0.25) is 0 Å². The zero-order valence-electron chi connectivity index (χ0n) is 18.4. The topological polar surface area (TPSA) is 115 Å². The summed E-state index contributed by atoms with van der Waals surface area (Å²) >= 11 is 1.23. The summed E-state index contributed by atoms with van der Waals surface area (Å²) in [4.78, 5) is 47.0. The van der Waals surface area contributed by atoms with Crippen LogP contribution in [0.15, 0.2) is 63.8 Å². The van der Waals surface area contributed by atoms with E-state index in [1.54, 1.807) is 44.3 Å². The fraction of sp³-hybridized carbons (Fsp3) is 0.261. The van der Waals surface area contributed by atoms with E-state index in [-0.39, 0.29) is 17.9 Å². The van der Waals surface area contributed by atoms with Crippen LogP contribution in [-0.4, -0.2) is 44.9 Å². The average Bonchev–Trinajstić information content (AvgIpc) is 2.77. The number of carbonyl (C=O) groups excluding carboxylic acids is 2. The number of aryl methyl sites for hydroxylation is 1. The molecule has 0 fully saturated rings. The first-order valence-corrected chi connectivity index (χ1v) is 11.4. The number of thioether (sulfide) groups is 1. The highest BCUT2D eigenvalue weighted by Crippen LogP contribution is 2.25. The van der Waals surface area contributed by atoms with Crippen LogP contribution < -0.4 is 16.2 Å². The SMILES string of the molecule is CCOC(=O)C1=C(CSc2nc3ccccc3c(=O)n2-c2cc(C)ccn2)NC(=O)N[C@@H]1C. The van der Waals surface area contributed by atoms with Gasteiger partial charge in [-0.3, -0.25) is 4.79 Å².